The zero-order chi connectivity index (χ0) is 18.6. The first-order valence-corrected chi connectivity index (χ1v) is 11.0. The Kier molecular flexibility index (Phi) is 4.34. The molecule has 0 radical (unpaired) electrons. The fraction of sp³-hybridized carbons (Fsp3) is 0.722. The second kappa shape index (κ2) is 6.19. The molecule has 0 aromatic carbocycles. The van der Waals surface area contributed by atoms with E-state index in [1.54, 1.807) is 6.07 Å². The topological polar surface area (TPSA) is 50.3 Å². The number of alkyl halides is 3. The van der Waals surface area contributed by atoms with Gasteiger partial charge in [0.25, 0.3) is 0 Å². The molecule has 0 N–H and O–H groups in total. The second-order valence-electron chi connectivity index (χ2n) is 8.20. The number of rotatable bonds is 2. The van der Waals surface area contributed by atoms with Crippen LogP contribution in [0.1, 0.15) is 49.4 Å². The SMILES string of the molecule is O=S1(=O)CC2(CCN([C@H]3CC[C@H](c4cccc(C(F)(F)F)n4)CC3)C2)C1. The summed E-state index contributed by atoms with van der Waals surface area (Å²) in [5.41, 5.74) is -0.302. The van der Waals surface area contributed by atoms with Gasteiger partial charge in [0, 0.05) is 29.6 Å². The van der Waals surface area contributed by atoms with Gasteiger partial charge in [0.1, 0.15) is 5.69 Å². The normalized spacial score (nSPS) is 31.0. The van der Waals surface area contributed by atoms with Crippen LogP contribution in [0.25, 0.3) is 0 Å². The minimum absolute atomic E-state index is 0.0295. The third-order valence-electron chi connectivity index (χ3n) is 6.21. The van der Waals surface area contributed by atoms with Crippen LogP contribution in [0, 0.1) is 5.41 Å². The molecule has 3 aliphatic rings. The van der Waals surface area contributed by atoms with Crippen molar-refractivity contribution in [3.05, 3.63) is 29.6 Å². The Hall–Kier alpha value is -1.15. The van der Waals surface area contributed by atoms with Gasteiger partial charge in [-0.1, -0.05) is 6.07 Å². The van der Waals surface area contributed by atoms with E-state index in [0.29, 0.717) is 23.2 Å². The Balaban J connectivity index is 1.35. The third-order valence-corrected chi connectivity index (χ3v) is 8.32. The van der Waals surface area contributed by atoms with Crippen molar-refractivity contribution in [3.63, 3.8) is 0 Å². The molecular weight excluding hydrogens is 365 g/mol. The number of likely N-dealkylation sites (tertiary alicyclic amines) is 1. The molecule has 0 bridgehead atoms. The van der Waals surface area contributed by atoms with E-state index in [1.165, 1.54) is 6.07 Å². The van der Waals surface area contributed by atoms with Crippen LogP contribution in [0.3, 0.4) is 0 Å². The molecule has 26 heavy (non-hydrogen) atoms. The van der Waals surface area contributed by atoms with Crippen LogP contribution in [0.15, 0.2) is 18.2 Å². The average Bonchev–Trinajstić information content (AvgIpc) is 2.98. The summed E-state index contributed by atoms with van der Waals surface area (Å²) in [5.74, 6) is 0.717. The van der Waals surface area contributed by atoms with E-state index in [-0.39, 0.29) is 11.3 Å². The van der Waals surface area contributed by atoms with Crippen LogP contribution in [-0.2, 0) is 16.0 Å². The van der Waals surface area contributed by atoms with Crippen molar-refractivity contribution in [1.82, 2.24) is 9.88 Å². The summed E-state index contributed by atoms with van der Waals surface area (Å²) in [6.07, 6.45) is 0.0833. The van der Waals surface area contributed by atoms with Gasteiger partial charge in [-0.25, -0.2) is 13.4 Å². The molecule has 2 saturated heterocycles. The molecule has 2 aliphatic heterocycles. The van der Waals surface area contributed by atoms with Crippen LogP contribution in [0.2, 0.25) is 0 Å². The predicted molar refractivity (Wildman–Crippen MR) is 91.5 cm³/mol. The Morgan fingerprint density at radius 1 is 1.12 bits per heavy atom. The van der Waals surface area contributed by atoms with Gasteiger partial charge in [0.15, 0.2) is 9.84 Å². The van der Waals surface area contributed by atoms with Crippen molar-refractivity contribution < 1.29 is 21.6 Å². The van der Waals surface area contributed by atoms with E-state index < -0.39 is 21.7 Å². The van der Waals surface area contributed by atoms with E-state index >= 15 is 0 Å². The molecule has 4 rings (SSSR count). The van der Waals surface area contributed by atoms with Crippen molar-refractivity contribution in [3.8, 4) is 0 Å². The minimum atomic E-state index is -4.40. The largest absolute Gasteiger partial charge is 0.433 e. The molecule has 1 saturated carbocycles. The lowest BCUT2D eigenvalue weighted by molar-refractivity contribution is -0.141. The van der Waals surface area contributed by atoms with Crippen LogP contribution in [0.5, 0.6) is 0 Å². The summed E-state index contributed by atoms with van der Waals surface area (Å²) < 4.78 is 61.6. The minimum Gasteiger partial charge on any atom is -0.300 e. The molecule has 3 fully saturated rings. The maximum Gasteiger partial charge on any atom is 0.433 e. The Bertz CT molecular complexity index is 774. The van der Waals surface area contributed by atoms with Gasteiger partial charge in [-0.3, -0.25) is 4.90 Å². The van der Waals surface area contributed by atoms with Gasteiger partial charge in [-0.05, 0) is 50.8 Å². The maximum atomic E-state index is 12.9. The second-order valence-corrected chi connectivity index (χ2v) is 10.3. The number of nitrogens with zero attached hydrogens (tertiary/aromatic N) is 2. The molecule has 4 nitrogen and oxygen atoms in total. The van der Waals surface area contributed by atoms with Gasteiger partial charge in [0.2, 0.25) is 0 Å². The number of hydrogen-bond acceptors (Lipinski definition) is 4. The Labute approximate surface area is 151 Å². The first kappa shape index (κ1) is 18.2. The highest BCUT2D eigenvalue weighted by Crippen LogP contribution is 2.44. The molecular formula is C18H23F3N2O2S. The number of hydrogen-bond donors (Lipinski definition) is 0. The summed E-state index contributed by atoms with van der Waals surface area (Å²) in [7, 11) is -2.82. The van der Waals surface area contributed by atoms with Gasteiger partial charge in [-0.15, -0.1) is 0 Å². The summed E-state index contributed by atoms with van der Waals surface area (Å²) in [6.45, 7) is 1.79. The molecule has 0 unspecified atom stereocenters. The molecule has 8 heteroatoms. The highest BCUT2D eigenvalue weighted by atomic mass is 32.2. The molecule has 1 aromatic heterocycles. The van der Waals surface area contributed by atoms with Crippen molar-refractivity contribution in [1.29, 1.82) is 0 Å². The highest BCUT2D eigenvalue weighted by molar-refractivity contribution is 7.92. The van der Waals surface area contributed by atoms with Crippen LogP contribution < -0.4 is 0 Å². The summed E-state index contributed by atoms with van der Waals surface area (Å²) in [5, 5.41) is 0. The molecule has 1 spiro atoms. The van der Waals surface area contributed by atoms with Gasteiger partial charge < -0.3 is 0 Å². The first-order valence-electron chi connectivity index (χ1n) is 9.15. The van der Waals surface area contributed by atoms with Crippen molar-refractivity contribution >= 4 is 9.84 Å². The van der Waals surface area contributed by atoms with E-state index in [1.807, 2.05) is 0 Å². The van der Waals surface area contributed by atoms with Gasteiger partial charge in [0.05, 0.1) is 11.5 Å². The van der Waals surface area contributed by atoms with E-state index in [4.69, 9.17) is 0 Å². The number of pyridine rings is 1. The van der Waals surface area contributed by atoms with E-state index in [9.17, 15) is 21.6 Å². The van der Waals surface area contributed by atoms with Crippen LogP contribution >= 0.6 is 0 Å². The molecule has 1 aliphatic carbocycles. The summed E-state index contributed by atoms with van der Waals surface area (Å²) >= 11 is 0. The monoisotopic (exact) mass is 388 g/mol. The van der Waals surface area contributed by atoms with E-state index in [0.717, 1.165) is 51.3 Å². The number of halogens is 3. The Morgan fingerprint density at radius 2 is 1.81 bits per heavy atom. The third kappa shape index (κ3) is 3.50. The predicted octanol–water partition coefficient (Wildman–Crippen LogP) is 3.25. The van der Waals surface area contributed by atoms with Crippen molar-refractivity contribution in [2.45, 2.75) is 50.2 Å². The fourth-order valence-corrected chi connectivity index (χ4v) is 7.23. The smallest absolute Gasteiger partial charge is 0.300 e. The van der Waals surface area contributed by atoms with Crippen LogP contribution in [0.4, 0.5) is 13.2 Å². The maximum absolute atomic E-state index is 12.9. The van der Waals surface area contributed by atoms with Crippen LogP contribution in [-0.4, -0.2) is 48.9 Å². The zero-order valence-electron chi connectivity index (χ0n) is 14.5. The number of sulfone groups is 1. The molecule has 144 valence electrons. The summed E-state index contributed by atoms with van der Waals surface area (Å²) in [4.78, 5) is 6.25. The lowest BCUT2D eigenvalue weighted by Crippen LogP contribution is -2.51. The van der Waals surface area contributed by atoms with E-state index in [2.05, 4.69) is 9.88 Å². The standard InChI is InChI=1S/C18H23F3N2O2S/c19-18(20,21)16-3-1-2-15(22-16)13-4-6-14(7-5-13)23-9-8-17(10-23)11-26(24,25)12-17/h1-3,13-14H,4-12H2/t13-,14-. The lowest BCUT2D eigenvalue weighted by Gasteiger charge is -2.40. The van der Waals surface area contributed by atoms with Crippen molar-refractivity contribution in [2.24, 2.45) is 5.41 Å². The molecule has 0 atom stereocenters. The highest BCUT2D eigenvalue weighted by Gasteiger charge is 2.53. The lowest BCUT2D eigenvalue weighted by atomic mass is 9.83. The number of aromatic nitrogens is 1. The zero-order valence-corrected chi connectivity index (χ0v) is 15.3. The fourth-order valence-electron chi connectivity index (χ4n) is 4.98. The molecule has 0 amide bonds. The van der Waals surface area contributed by atoms with Crippen molar-refractivity contribution in [2.75, 3.05) is 24.6 Å². The quantitative estimate of drug-likeness (QED) is 0.781. The first-order chi connectivity index (χ1) is 12.2. The molecule has 3 heterocycles. The molecule has 1 aromatic rings. The van der Waals surface area contributed by atoms with Gasteiger partial charge in [-0.2, -0.15) is 13.2 Å². The average molecular weight is 388 g/mol. The van der Waals surface area contributed by atoms with Gasteiger partial charge >= 0.3 is 6.18 Å². The summed E-state index contributed by atoms with van der Waals surface area (Å²) in [6, 6.07) is 4.58. The Morgan fingerprint density at radius 3 is 2.42 bits per heavy atom.